The van der Waals surface area contributed by atoms with E-state index in [1.54, 1.807) is 37.3 Å². The van der Waals surface area contributed by atoms with E-state index in [9.17, 15) is 9.59 Å². The summed E-state index contributed by atoms with van der Waals surface area (Å²) in [7, 11) is 0. The number of hydrogen-bond donors (Lipinski definition) is 2. The highest BCUT2D eigenvalue weighted by Gasteiger charge is 2.16. The second-order valence-electron chi connectivity index (χ2n) is 6.90. The molecule has 6 heteroatoms. The first-order chi connectivity index (χ1) is 14.0. The van der Waals surface area contributed by atoms with Crippen LogP contribution in [0.25, 0.3) is 0 Å². The van der Waals surface area contributed by atoms with E-state index in [2.05, 4.69) is 17.8 Å². The van der Waals surface area contributed by atoms with Crippen LogP contribution in [0.5, 0.6) is 11.5 Å². The Morgan fingerprint density at radius 2 is 1.69 bits per heavy atom. The molecule has 0 aliphatic rings. The molecular formula is C23H30N2O4. The van der Waals surface area contributed by atoms with Crippen LogP contribution in [-0.4, -0.2) is 24.5 Å². The normalized spacial score (nSPS) is 11.4. The Kier molecular flexibility index (Phi) is 9.02. The molecule has 6 nitrogen and oxygen atoms in total. The minimum Gasteiger partial charge on any atom is -0.494 e. The molecule has 0 heterocycles. The lowest BCUT2D eigenvalue weighted by Crippen LogP contribution is -2.47. The van der Waals surface area contributed by atoms with Gasteiger partial charge in [0.15, 0.2) is 6.10 Å². The number of para-hydroxylation sites is 1. The number of ether oxygens (including phenoxy) is 2. The molecule has 2 rings (SSSR count). The monoisotopic (exact) mass is 398 g/mol. The highest BCUT2D eigenvalue weighted by atomic mass is 16.5. The molecule has 2 aromatic carbocycles. The molecule has 1 unspecified atom stereocenters. The van der Waals surface area contributed by atoms with Crippen LogP contribution >= 0.6 is 0 Å². The van der Waals surface area contributed by atoms with Crippen molar-refractivity contribution >= 4 is 11.8 Å². The van der Waals surface area contributed by atoms with Crippen molar-refractivity contribution in [2.24, 2.45) is 0 Å². The fourth-order valence-electron chi connectivity index (χ4n) is 2.65. The van der Waals surface area contributed by atoms with Gasteiger partial charge in [-0.15, -0.1) is 0 Å². The third-order valence-corrected chi connectivity index (χ3v) is 4.45. The van der Waals surface area contributed by atoms with Crippen molar-refractivity contribution in [2.75, 3.05) is 6.61 Å². The highest BCUT2D eigenvalue weighted by molar-refractivity contribution is 5.95. The van der Waals surface area contributed by atoms with Gasteiger partial charge in [0.1, 0.15) is 11.5 Å². The number of rotatable bonds is 10. The van der Waals surface area contributed by atoms with E-state index in [0.717, 1.165) is 24.2 Å². The Bertz CT molecular complexity index is 790. The number of carbonyl (C=O) groups excluding carboxylic acids is 2. The minimum atomic E-state index is -0.750. The molecule has 29 heavy (non-hydrogen) atoms. The lowest BCUT2D eigenvalue weighted by atomic mass is 10.2. The molecule has 2 amide bonds. The van der Waals surface area contributed by atoms with E-state index in [4.69, 9.17) is 9.47 Å². The van der Waals surface area contributed by atoms with Crippen LogP contribution in [0.15, 0.2) is 48.5 Å². The molecule has 156 valence electrons. The summed E-state index contributed by atoms with van der Waals surface area (Å²) in [6, 6.07) is 14.3. The Balaban J connectivity index is 1.76. The van der Waals surface area contributed by atoms with Crippen LogP contribution in [0.4, 0.5) is 0 Å². The zero-order chi connectivity index (χ0) is 21.1. The number of aryl methyl sites for hydroxylation is 1. The predicted molar refractivity (Wildman–Crippen MR) is 113 cm³/mol. The number of amides is 2. The third kappa shape index (κ3) is 7.49. The Morgan fingerprint density at radius 1 is 0.966 bits per heavy atom. The van der Waals surface area contributed by atoms with Crippen molar-refractivity contribution < 1.29 is 19.1 Å². The fourth-order valence-corrected chi connectivity index (χ4v) is 2.65. The summed E-state index contributed by atoms with van der Waals surface area (Å²) >= 11 is 0. The molecule has 0 radical (unpaired) electrons. The van der Waals surface area contributed by atoms with Gasteiger partial charge in [-0.2, -0.15) is 0 Å². The summed E-state index contributed by atoms with van der Waals surface area (Å²) in [6.07, 6.45) is 3.83. The molecule has 0 fully saturated rings. The first-order valence-electron chi connectivity index (χ1n) is 10.1. The van der Waals surface area contributed by atoms with Gasteiger partial charge >= 0.3 is 0 Å². The van der Waals surface area contributed by atoms with Crippen LogP contribution < -0.4 is 20.3 Å². The third-order valence-electron chi connectivity index (χ3n) is 4.45. The second kappa shape index (κ2) is 11.7. The lowest BCUT2D eigenvalue weighted by molar-refractivity contribution is -0.128. The summed E-state index contributed by atoms with van der Waals surface area (Å²) in [5.41, 5.74) is 6.16. The van der Waals surface area contributed by atoms with Gasteiger partial charge in [-0.25, -0.2) is 0 Å². The molecule has 0 saturated heterocycles. The molecule has 1 atom stereocenters. The van der Waals surface area contributed by atoms with Crippen molar-refractivity contribution in [3.05, 3.63) is 59.7 Å². The van der Waals surface area contributed by atoms with Gasteiger partial charge in [0.05, 0.1) is 6.61 Å². The quantitative estimate of drug-likeness (QED) is 0.465. The van der Waals surface area contributed by atoms with E-state index in [1.807, 2.05) is 25.1 Å². The molecular weight excluding hydrogens is 368 g/mol. The van der Waals surface area contributed by atoms with Crippen molar-refractivity contribution in [3.8, 4) is 11.5 Å². The summed E-state index contributed by atoms with van der Waals surface area (Å²) in [5.74, 6) is 0.513. The highest BCUT2D eigenvalue weighted by Crippen LogP contribution is 2.17. The fraction of sp³-hybridized carbons (Fsp3) is 0.391. The smallest absolute Gasteiger partial charge is 0.279 e. The van der Waals surface area contributed by atoms with Crippen LogP contribution in [0.1, 0.15) is 55.5 Å². The molecule has 0 aromatic heterocycles. The average molecular weight is 399 g/mol. The standard InChI is InChI=1S/C23H30N2O4/c1-4-5-6-9-16-28-20-14-12-19(13-15-20)23(27)25-24-22(26)18(3)29-21-11-8-7-10-17(21)2/h7-8,10-15,18H,4-6,9,16H2,1-3H3,(H,24,26)(H,25,27). The number of benzene rings is 2. The van der Waals surface area contributed by atoms with Crippen molar-refractivity contribution in [1.82, 2.24) is 10.9 Å². The Hall–Kier alpha value is -3.02. The number of hydrazine groups is 1. The van der Waals surface area contributed by atoms with Crippen LogP contribution in [-0.2, 0) is 4.79 Å². The summed E-state index contributed by atoms with van der Waals surface area (Å²) < 4.78 is 11.3. The molecule has 2 N–H and O–H groups in total. The van der Waals surface area contributed by atoms with E-state index < -0.39 is 17.9 Å². The maximum absolute atomic E-state index is 12.2. The summed E-state index contributed by atoms with van der Waals surface area (Å²) in [4.78, 5) is 24.4. The van der Waals surface area contributed by atoms with E-state index >= 15 is 0 Å². The van der Waals surface area contributed by atoms with Crippen molar-refractivity contribution in [3.63, 3.8) is 0 Å². The predicted octanol–water partition coefficient (Wildman–Crippen LogP) is 4.18. The molecule has 0 spiro atoms. The first-order valence-corrected chi connectivity index (χ1v) is 10.1. The SMILES string of the molecule is CCCCCCOc1ccc(C(=O)NNC(=O)C(C)Oc2ccccc2C)cc1. The maximum Gasteiger partial charge on any atom is 0.279 e. The van der Waals surface area contributed by atoms with Crippen molar-refractivity contribution in [1.29, 1.82) is 0 Å². The molecule has 0 bridgehead atoms. The molecule has 2 aromatic rings. The zero-order valence-electron chi connectivity index (χ0n) is 17.4. The second-order valence-corrected chi connectivity index (χ2v) is 6.90. The molecule has 0 aliphatic carbocycles. The van der Waals surface area contributed by atoms with E-state index in [1.165, 1.54) is 12.8 Å². The number of unbranched alkanes of at least 4 members (excludes halogenated alkanes) is 3. The number of nitrogens with one attached hydrogen (secondary N) is 2. The van der Waals surface area contributed by atoms with Crippen LogP contribution in [0, 0.1) is 6.92 Å². The summed E-state index contributed by atoms with van der Waals surface area (Å²) in [5, 5.41) is 0. The van der Waals surface area contributed by atoms with Gasteiger partial charge < -0.3 is 9.47 Å². The Morgan fingerprint density at radius 3 is 2.38 bits per heavy atom. The van der Waals surface area contributed by atoms with Crippen LogP contribution in [0.3, 0.4) is 0 Å². The van der Waals surface area contributed by atoms with Gasteiger partial charge in [0.25, 0.3) is 11.8 Å². The lowest BCUT2D eigenvalue weighted by Gasteiger charge is -2.16. The van der Waals surface area contributed by atoms with Gasteiger partial charge in [-0.1, -0.05) is 44.4 Å². The molecule has 0 saturated carbocycles. The first kappa shape index (κ1) is 22.3. The maximum atomic E-state index is 12.2. The van der Waals surface area contributed by atoms with Gasteiger partial charge in [0.2, 0.25) is 0 Å². The van der Waals surface area contributed by atoms with Gasteiger partial charge in [-0.05, 0) is 56.2 Å². The van der Waals surface area contributed by atoms with E-state index in [-0.39, 0.29) is 0 Å². The van der Waals surface area contributed by atoms with E-state index in [0.29, 0.717) is 17.9 Å². The topological polar surface area (TPSA) is 76.7 Å². The largest absolute Gasteiger partial charge is 0.494 e. The summed E-state index contributed by atoms with van der Waals surface area (Å²) in [6.45, 7) is 6.37. The number of hydrogen-bond acceptors (Lipinski definition) is 4. The Labute approximate surface area is 172 Å². The zero-order valence-corrected chi connectivity index (χ0v) is 17.4. The van der Waals surface area contributed by atoms with Gasteiger partial charge in [0, 0.05) is 5.56 Å². The van der Waals surface area contributed by atoms with Crippen LogP contribution in [0.2, 0.25) is 0 Å². The average Bonchev–Trinajstić information content (AvgIpc) is 2.73. The van der Waals surface area contributed by atoms with Gasteiger partial charge in [-0.3, -0.25) is 20.4 Å². The van der Waals surface area contributed by atoms with Crippen molar-refractivity contribution in [2.45, 2.75) is 52.6 Å². The number of carbonyl (C=O) groups is 2. The molecule has 0 aliphatic heterocycles. The minimum absolute atomic E-state index is 0.407.